The second kappa shape index (κ2) is 7.13. The zero-order chi connectivity index (χ0) is 17.1. The molecule has 0 radical (unpaired) electrons. The number of anilines is 2. The highest BCUT2D eigenvalue weighted by Crippen LogP contribution is 2.28. The van der Waals surface area contributed by atoms with Crippen LogP contribution in [0.3, 0.4) is 0 Å². The van der Waals surface area contributed by atoms with Crippen molar-refractivity contribution in [3.05, 3.63) is 42.1 Å². The number of fused-ring (bicyclic) bond motifs is 1. The molecule has 0 saturated heterocycles. The molecule has 2 N–H and O–H groups in total. The van der Waals surface area contributed by atoms with Crippen molar-refractivity contribution in [1.29, 1.82) is 0 Å². The second-order valence-electron chi connectivity index (χ2n) is 5.93. The molecule has 0 fully saturated rings. The predicted molar refractivity (Wildman–Crippen MR) is 103 cm³/mol. The number of nitrogens with one attached hydrogen (secondary N) is 2. The van der Waals surface area contributed by atoms with Gasteiger partial charge in [0.15, 0.2) is 5.82 Å². The molecule has 0 unspecified atom stereocenters. The van der Waals surface area contributed by atoms with Crippen molar-refractivity contribution in [2.75, 3.05) is 17.7 Å². The summed E-state index contributed by atoms with van der Waals surface area (Å²) in [5, 5.41) is 7.08. The van der Waals surface area contributed by atoms with Gasteiger partial charge in [-0.3, -0.25) is 0 Å². The van der Waals surface area contributed by atoms with Gasteiger partial charge in [0.25, 0.3) is 0 Å². The summed E-state index contributed by atoms with van der Waals surface area (Å²) in [7, 11) is 3.85. The van der Waals surface area contributed by atoms with Gasteiger partial charge in [-0.15, -0.1) is 11.8 Å². The minimum atomic E-state index is 0.556. The van der Waals surface area contributed by atoms with E-state index in [-0.39, 0.29) is 0 Å². The zero-order valence-corrected chi connectivity index (χ0v) is 15.3. The molecular weight excluding hydrogens is 318 g/mol. The average molecular weight is 341 g/mol. The van der Waals surface area contributed by atoms with Crippen LogP contribution in [0.25, 0.3) is 11.0 Å². The molecule has 3 aromatic rings. The highest BCUT2D eigenvalue weighted by Gasteiger charge is 2.11. The van der Waals surface area contributed by atoms with Crippen molar-refractivity contribution >= 4 is 34.6 Å². The van der Waals surface area contributed by atoms with Gasteiger partial charge in [-0.05, 0) is 17.7 Å². The van der Waals surface area contributed by atoms with Crippen molar-refractivity contribution < 1.29 is 0 Å². The predicted octanol–water partition coefficient (Wildman–Crippen LogP) is 4.12. The van der Waals surface area contributed by atoms with Gasteiger partial charge in [-0.1, -0.05) is 32.0 Å². The maximum Gasteiger partial charge on any atom is 0.225 e. The van der Waals surface area contributed by atoms with Gasteiger partial charge in [-0.25, -0.2) is 4.98 Å². The number of benzene rings is 1. The summed E-state index contributed by atoms with van der Waals surface area (Å²) in [5.74, 6) is 1.47. The third-order valence-corrected chi connectivity index (χ3v) is 4.85. The van der Waals surface area contributed by atoms with Crippen LogP contribution in [0.2, 0.25) is 0 Å². The number of aryl methyl sites for hydroxylation is 1. The van der Waals surface area contributed by atoms with E-state index in [1.807, 2.05) is 42.7 Å². The Morgan fingerprint density at radius 3 is 2.71 bits per heavy atom. The van der Waals surface area contributed by atoms with Crippen molar-refractivity contribution in [1.82, 2.24) is 14.5 Å². The van der Waals surface area contributed by atoms with Gasteiger partial charge in [-0.2, -0.15) is 4.98 Å². The summed E-state index contributed by atoms with van der Waals surface area (Å²) in [6.07, 6.45) is 2.01. The Bertz CT molecular complexity index is 841. The molecule has 0 saturated carbocycles. The number of nitrogens with zero attached hydrogens (tertiary/aromatic N) is 3. The standard InChI is InChI=1S/C18H23N5S/c1-12(2)24-15-8-6-5-7-13(15)11-20-17-16-14(9-10-23(16)4)21-18(19-3)22-17/h5-10,12H,11H2,1-4H3,(H2,19,20,21,22). The Kier molecular flexibility index (Phi) is 4.94. The van der Waals surface area contributed by atoms with E-state index in [9.17, 15) is 0 Å². The third-order valence-electron chi connectivity index (χ3n) is 3.72. The SMILES string of the molecule is CNc1nc(NCc2ccccc2SC(C)C)c2c(ccn2C)n1. The fourth-order valence-electron chi connectivity index (χ4n) is 2.63. The summed E-state index contributed by atoms with van der Waals surface area (Å²) < 4.78 is 2.05. The van der Waals surface area contributed by atoms with E-state index in [1.54, 1.807) is 0 Å². The Labute approximate surface area is 146 Å². The maximum atomic E-state index is 4.60. The Hall–Kier alpha value is -2.21. The van der Waals surface area contributed by atoms with E-state index in [0.29, 0.717) is 11.2 Å². The first kappa shape index (κ1) is 16.6. The topological polar surface area (TPSA) is 54.8 Å². The third kappa shape index (κ3) is 3.48. The van der Waals surface area contributed by atoms with Crippen LogP contribution in [0.15, 0.2) is 41.4 Å². The molecular formula is C18H23N5S. The lowest BCUT2D eigenvalue weighted by Crippen LogP contribution is -2.07. The molecule has 2 aromatic heterocycles. The van der Waals surface area contributed by atoms with Gasteiger partial charge in [0.1, 0.15) is 5.52 Å². The molecule has 2 heterocycles. The maximum absolute atomic E-state index is 4.60. The van der Waals surface area contributed by atoms with Crippen molar-refractivity contribution in [2.45, 2.75) is 30.5 Å². The zero-order valence-electron chi connectivity index (χ0n) is 14.5. The molecule has 126 valence electrons. The monoisotopic (exact) mass is 341 g/mol. The van der Waals surface area contributed by atoms with Gasteiger partial charge >= 0.3 is 0 Å². The molecule has 0 aliphatic carbocycles. The van der Waals surface area contributed by atoms with Crippen LogP contribution >= 0.6 is 11.8 Å². The van der Waals surface area contributed by atoms with Crippen LogP contribution in [0.5, 0.6) is 0 Å². The first-order chi connectivity index (χ1) is 11.6. The highest BCUT2D eigenvalue weighted by atomic mass is 32.2. The fraction of sp³-hybridized carbons (Fsp3) is 0.333. The molecule has 0 atom stereocenters. The van der Waals surface area contributed by atoms with Crippen molar-refractivity contribution in [3.8, 4) is 0 Å². The van der Waals surface area contributed by atoms with E-state index in [2.05, 4.69) is 58.7 Å². The molecule has 0 bridgehead atoms. The van der Waals surface area contributed by atoms with Gasteiger partial charge in [0, 0.05) is 37.0 Å². The van der Waals surface area contributed by atoms with Crippen molar-refractivity contribution in [2.24, 2.45) is 7.05 Å². The second-order valence-corrected chi connectivity index (χ2v) is 7.55. The molecule has 0 aliphatic rings. The number of thioether (sulfide) groups is 1. The van der Waals surface area contributed by atoms with Gasteiger partial charge in [0.2, 0.25) is 5.95 Å². The quantitative estimate of drug-likeness (QED) is 0.661. The van der Waals surface area contributed by atoms with E-state index >= 15 is 0 Å². The number of hydrogen-bond acceptors (Lipinski definition) is 5. The minimum absolute atomic E-state index is 0.556. The lowest BCUT2D eigenvalue weighted by atomic mass is 10.2. The normalized spacial score (nSPS) is 11.2. The van der Waals surface area contributed by atoms with Crippen LogP contribution in [-0.4, -0.2) is 26.8 Å². The lowest BCUT2D eigenvalue weighted by molar-refractivity contribution is 0.957. The molecule has 5 nitrogen and oxygen atoms in total. The fourth-order valence-corrected chi connectivity index (χ4v) is 3.58. The summed E-state index contributed by atoms with van der Waals surface area (Å²) in [4.78, 5) is 10.4. The average Bonchev–Trinajstić information content (AvgIpc) is 2.94. The Balaban J connectivity index is 1.90. The number of hydrogen-bond donors (Lipinski definition) is 2. The van der Waals surface area contributed by atoms with Gasteiger partial charge < -0.3 is 15.2 Å². The highest BCUT2D eigenvalue weighted by molar-refractivity contribution is 8.00. The van der Waals surface area contributed by atoms with Crippen LogP contribution < -0.4 is 10.6 Å². The molecule has 0 spiro atoms. The van der Waals surface area contributed by atoms with Crippen LogP contribution in [0.1, 0.15) is 19.4 Å². The minimum Gasteiger partial charge on any atom is -0.364 e. The van der Waals surface area contributed by atoms with E-state index in [4.69, 9.17) is 0 Å². The summed E-state index contributed by atoms with van der Waals surface area (Å²) in [6, 6.07) is 10.5. The van der Waals surface area contributed by atoms with Crippen LogP contribution in [-0.2, 0) is 13.6 Å². The molecule has 6 heteroatoms. The summed E-state index contributed by atoms with van der Waals surface area (Å²) >= 11 is 1.89. The van der Waals surface area contributed by atoms with Crippen molar-refractivity contribution in [3.63, 3.8) is 0 Å². The Morgan fingerprint density at radius 1 is 1.17 bits per heavy atom. The molecule has 3 rings (SSSR count). The van der Waals surface area contributed by atoms with E-state index < -0.39 is 0 Å². The number of rotatable bonds is 6. The molecule has 24 heavy (non-hydrogen) atoms. The summed E-state index contributed by atoms with van der Waals surface area (Å²) in [6.45, 7) is 5.16. The molecule has 1 aromatic carbocycles. The smallest absolute Gasteiger partial charge is 0.225 e. The first-order valence-corrected chi connectivity index (χ1v) is 8.95. The first-order valence-electron chi connectivity index (χ1n) is 8.07. The van der Waals surface area contributed by atoms with Crippen LogP contribution in [0.4, 0.5) is 11.8 Å². The molecule has 0 aliphatic heterocycles. The lowest BCUT2D eigenvalue weighted by Gasteiger charge is -2.14. The number of aromatic nitrogens is 3. The summed E-state index contributed by atoms with van der Waals surface area (Å²) in [5.41, 5.74) is 3.23. The molecule has 0 amide bonds. The van der Waals surface area contributed by atoms with E-state index in [0.717, 1.165) is 23.4 Å². The largest absolute Gasteiger partial charge is 0.364 e. The Morgan fingerprint density at radius 2 is 1.96 bits per heavy atom. The van der Waals surface area contributed by atoms with E-state index in [1.165, 1.54) is 10.5 Å². The van der Waals surface area contributed by atoms with Crippen LogP contribution in [0, 0.1) is 0 Å². The van der Waals surface area contributed by atoms with Gasteiger partial charge in [0.05, 0.1) is 5.52 Å².